The number of nitrogen functional groups attached to an aromatic ring is 1. The molecule has 0 saturated carbocycles. The van der Waals surface area contributed by atoms with E-state index in [1.807, 2.05) is 20.8 Å². The Labute approximate surface area is 108 Å². The highest BCUT2D eigenvalue weighted by molar-refractivity contribution is 7.89. The first-order valence-corrected chi connectivity index (χ1v) is 7.22. The number of methoxy groups -OCH3 is 1. The molecule has 0 amide bonds. The Bertz CT molecular complexity index is 512. The first-order valence-electron chi connectivity index (χ1n) is 5.73. The molecule has 3 N–H and O–H groups in total. The van der Waals surface area contributed by atoms with E-state index in [1.165, 1.54) is 19.2 Å². The Morgan fingerprint density at radius 2 is 1.89 bits per heavy atom. The highest BCUT2D eigenvalue weighted by Gasteiger charge is 2.21. The number of rotatable bonds is 5. The van der Waals surface area contributed by atoms with Crippen LogP contribution in [0.15, 0.2) is 23.1 Å². The largest absolute Gasteiger partial charge is 0.497 e. The van der Waals surface area contributed by atoms with E-state index in [2.05, 4.69) is 4.72 Å². The summed E-state index contributed by atoms with van der Waals surface area (Å²) in [6.07, 6.45) is 0. The highest BCUT2D eigenvalue weighted by Crippen LogP contribution is 2.24. The predicted octanol–water partition coefficient (Wildman–Crippen LogP) is 1.60. The molecule has 6 heteroatoms. The van der Waals surface area contributed by atoms with Crippen LogP contribution in [-0.4, -0.2) is 21.6 Å². The summed E-state index contributed by atoms with van der Waals surface area (Å²) in [6, 6.07) is 4.36. The van der Waals surface area contributed by atoms with Gasteiger partial charge in [-0.1, -0.05) is 13.8 Å². The van der Waals surface area contributed by atoms with Crippen LogP contribution in [0.2, 0.25) is 0 Å². The van der Waals surface area contributed by atoms with Gasteiger partial charge >= 0.3 is 0 Å². The number of hydrogen-bond acceptors (Lipinski definition) is 4. The van der Waals surface area contributed by atoms with E-state index in [-0.39, 0.29) is 22.5 Å². The van der Waals surface area contributed by atoms with E-state index in [0.717, 1.165) is 0 Å². The lowest BCUT2D eigenvalue weighted by Gasteiger charge is -2.18. The molecule has 0 radical (unpaired) electrons. The normalized spacial score (nSPS) is 13.6. The van der Waals surface area contributed by atoms with Crippen molar-refractivity contribution in [1.29, 1.82) is 0 Å². The van der Waals surface area contributed by atoms with E-state index >= 15 is 0 Å². The standard InChI is InChI=1S/C12H20N2O3S/c1-8(2)9(3)14-18(15,16)12-6-5-10(17-4)7-11(12)13/h5-9,14H,13H2,1-4H3. The summed E-state index contributed by atoms with van der Waals surface area (Å²) in [5, 5.41) is 0. The Morgan fingerprint density at radius 3 is 2.33 bits per heavy atom. The lowest BCUT2D eigenvalue weighted by molar-refractivity contribution is 0.414. The van der Waals surface area contributed by atoms with E-state index in [4.69, 9.17) is 10.5 Å². The van der Waals surface area contributed by atoms with Gasteiger partial charge in [0.25, 0.3) is 0 Å². The fourth-order valence-corrected chi connectivity index (χ4v) is 2.85. The Morgan fingerprint density at radius 1 is 1.28 bits per heavy atom. The van der Waals surface area contributed by atoms with Crippen molar-refractivity contribution in [3.63, 3.8) is 0 Å². The quantitative estimate of drug-likeness (QED) is 0.798. The number of nitrogens with one attached hydrogen (secondary N) is 1. The van der Waals surface area contributed by atoms with Gasteiger partial charge in [-0.15, -0.1) is 0 Å². The van der Waals surface area contributed by atoms with Crippen LogP contribution in [0.4, 0.5) is 5.69 Å². The predicted molar refractivity (Wildman–Crippen MR) is 72.0 cm³/mol. The summed E-state index contributed by atoms with van der Waals surface area (Å²) in [5.74, 6) is 0.739. The Balaban J connectivity index is 3.06. The zero-order valence-corrected chi connectivity index (χ0v) is 11.9. The number of anilines is 1. The number of benzene rings is 1. The summed E-state index contributed by atoms with van der Waals surface area (Å²) in [4.78, 5) is 0.0794. The molecule has 5 nitrogen and oxygen atoms in total. The zero-order valence-electron chi connectivity index (χ0n) is 11.1. The highest BCUT2D eigenvalue weighted by atomic mass is 32.2. The molecule has 0 saturated heterocycles. The second kappa shape index (κ2) is 5.58. The molecular weight excluding hydrogens is 252 g/mol. The third-order valence-corrected chi connectivity index (χ3v) is 4.48. The van der Waals surface area contributed by atoms with E-state index in [9.17, 15) is 8.42 Å². The zero-order chi connectivity index (χ0) is 13.9. The second-order valence-electron chi connectivity index (χ2n) is 4.56. The van der Waals surface area contributed by atoms with Crippen LogP contribution in [0.5, 0.6) is 5.75 Å². The first-order chi connectivity index (χ1) is 8.27. The Hall–Kier alpha value is -1.27. The lowest BCUT2D eigenvalue weighted by Crippen LogP contribution is -2.36. The Kier molecular flexibility index (Phi) is 4.59. The third-order valence-electron chi connectivity index (χ3n) is 2.85. The second-order valence-corrected chi connectivity index (χ2v) is 6.24. The van der Waals surface area contributed by atoms with Gasteiger partial charge in [-0.25, -0.2) is 13.1 Å². The molecule has 1 unspecified atom stereocenters. The molecule has 102 valence electrons. The fourth-order valence-electron chi connectivity index (χ4n) is 1.34. The average molecular weight is 272 g/mol. The minimum absolute atomic E-state index is 0.0794. The third kappa shape index (κ3) is 3.36. The van der Waals surface area contributed by atoms with Crippen molar-refractivity contribution in [3.05, 3.63) is 18.2 Å². The number of sulfonamides is 1. The van der Waals surface area contributed by atoms with Crippen molar-refractivity contribution >= 4 is 15.7 Å². The van der Waals surface area contributed by atoms with Gasteiger partial charge in [0.1, 0.15) is 10.6 Å². The number of hydrogen-bond donors (Lipinski definition) is 2. The van der Waals surface area contributed by atoms with Crippen LogP contribution >= 0.6 is 0 Å². The van der Waals surface area contributed by atoms with Gasteiger partial charge in [-0.3, -0.25) is 0 Å². The minimum atomic E-state index is -3.59. The summed E-state index contributed by atoms with van der Waals surface area (Å²) >= 11 is 0. The maximum atomic E-state index is 12.1. The van der Waals surface area contributed by atoms with Gasteiger partial charge < -0.3 is 10.5 Å². The van der Waals surface area contributed by atoms with E-state index in [0.29, 0.717) is 5.75 Å². The van der Waals surface area contributed by atoms with Crippen molar-refractivity contribution < 1.29 is 13.2 Å². The summed E-state index contributed by atoms with van der Waals surface area (Å²) < 4.78 is 31.9. The van der Waals surface area contributed by atoms with Gasteiger partial charge in [-0.05, 0) is 25.0 Å². The summed E-state index contributed by atoms with van der Waals surface area (Å²) in [6.45, 7) is 5.72. The fraction of sp³-hybridized carbons (Fsp3) is 0.500. The van der Waals surface area contributed by atoms with Crippen LogP contribution in [0.25, 0.3) is 0 Å². The maximum Gasteiger partial charge on any atom is 0.242 e. The molecule has 0 aromatic heterocycles. The van der Waals surface area contributed by atoms with Crippen molar-refractivity contribution in [2.75, 3.05) is 12.8 Å². The molecule has 0 heterocycles. The molecule has 0 aliphatic heterocycles. The molecule has 0 aliphatic rings. The molecular formula is C12H20N2O3S. The average Bonchev–Trinajstić information content (AvgIpc) is 2.27. The van der Waals surface area contributed by atoms with Crippen molar-refractivity contribution in [2.45, 2.75) is 31.7 Å². The van der Waals surface area contributed by atoms with Gasteiger partial charge in [-0.2, -0.15) is 0 Å². The summed E-state index contributed by atoms with van der Waals surface area (Å²) in [7, 11) is -2.09. The molecule has 1 rings (SSSR count). The van der Waals surface area contributed by atoms with Crippen LogP contribution in [0.3, 0.4) is 0 Å². The van der Waals surface area contributed by atoms with Crippen LogP contribution in [-0.2, 0) is 10.0 Å². The van der Waals surface area contributed by atoms with Gasteiger partial charge in [0, 0.05) is 12.1 Å². The number of ether oxygens (including phenoxy) is 1. The van der Waals surface area contributed by atoms with Crippen LogP contribution < -0.4 is 15.2 Å². The van der Waals surface area contributed by atoms with E-state index in [1.54, 1.807) is 6.07 Å². The van der Waals surface area contributed by atoms with Crippen molar-refractivity contribution in [2.24, 2.45) is 5.92 Å². The lowest BCUT2D eigenvalue weighted by atomic mass is 10.1. The van der Waals surface area contributed by atoms with Crippen molar-refractivity contribution in [1.82, 2.24) is 4.72 Å². The molecule has 18 heavy (non-hydrogen) atoms. The van der Waals surface area contributed by atoms with Crippen LogP contribution in [0.1, 0.15) is 20.8 Å². The molecule has 1 atom stereocenters. The first kappa shape index (κ1) is 14.8. The van der Waals surface area contributed by atoms with Gasteiger partial charge in [0.2, 0.25) is 10.0 Å². The minimum Gasteiger partial charge on any atom is -0.497 e. The van der Waals surface area contributed by atoms with Gasteiger partial charge in [0.15, 0.2) is 0 Å². The smallest absolute Gasteiger partial charge is 0.242 e. The summed E-state index contributed by atoms with van der Waals surface area (Å²) in [5.41, 5.74) is 5.91. The molecule has 1 aromatic rings. The van der Waals surface area contributed by atoms with Gasteiger partial charge in [0.05, 0.1) is 12.8 Å². The van der Waals surface area contributed by atoms with Crippen molar-refractivity contribution in [3.8, 4) is 5.75 Å². The molecule has 0 fully saturated rings. The molecule has 0 bridgehead atoms. The monoisotopic (exact) mass is 272 g/mol. The topological polar surface area (TPSA) is 81.4 Å². The SMILES string of the molecule is COc1ccc(S(=O)(=O)NC(C)C(C)C)c(N)c1. The molecule has 0 aliphatic carbocycles. The van der Waals surface area contributed by atoms with Crippen LogP contribution in [0, 0.1) is 5.92 Å². The molecule has 0 spiro atoms. The maximum absolute atomic E-state index is 12.1. The van der Waals surface area contributed by atoms with E-state index < -0.39 is 10.0 Å². The molecule has 1 aromatic carbocycles. The number of nitrogens with two attached hydrogens (primary N) is 1.